The second-order valence-corrected chi connectivity index (χ2v) is 4.87. The highest BCUT2D eigenvalue weighted by Crippen LogP contribution is 2.03. The van der Waals surface area contributed by atoms with Crippen LogP contribution < -0.4 is 10.6 Å². The first-order valence-corrected chi connectivity index (χ1v) is 6.87. The molecular formula is C13H28N2O. The second kappa shape index (κ2) is 8.97. The molecule has 1 rings (SSSR count). The first kappa shape index (κ1) is 13.9. The summed E-state index contributed by atoms with van der Waals surface area (Å²) in [6.45, 7) is 8.42. The molecule has 0 bridgehead atoms. The van der Waals surface area contributed by atoms with Gasteiger partial charge in [0.2, 0.25) is 0 Å². The predicted molar refractivity (Wildman–Crippen MR) is 68.8 cm³/mol. The summed E-state index contributed by atoms with van der Waals surface area (Å²) in [6, 6.07) is 1.22. The first-order chi connectivity index (χ1) is 7.83. The lowest BCUT2D eigenvalue weighted by molar-refractivity contribution is 0.0740. The molecule has 1 fully saturated rings. The van der Waals surface area contributed by atoms with Crippen LogP contribution in [0.2, 0.25) is 0 Å². The maximum absolute atomic E-state index is 5.43. The van der Waals surface area contributed by atoms with Crippen LogP contribution in [-0.4, -0.2) is 38.4 Å². The van der Waals surface area contributed by atoms with Gasteiger partial charge in [-0.3, -0.25) is 0 Å². The van der Waals surface area contributed by atoms with Gasteiger partial charge >= 0.3 is 0 Å². The molecule has 0 aromatic carbocycles. The molecule has 1 saturated heterocycles. The minimum Gasteiger partial charge on any atom is -0.379 e. The van der Waals surface area contributed by atoms with Gasteiger partial charge in [-0.2, -0.15) is 0 Å². The van der Waals surface area contributed by atoms with E-state index in [0.29, 0.717) is 12.1 Å². The summed E-state index contributed by atoms with van der Waals surface area (Å²) in [5, 5.41) is 7.07. The average Bonchev–Trinajstić information content (AvgIpc) is 2.31. The molecule has 1 aliphatic heterocycles. The maximum atomic E-state index is 5.43. The highest BCUT2D eigenvalue weighted by Gasteiger charge is 2.12. The Labute approximate surface area is 100 Å². The first-order valence-electron chi connectivity index (χ1n) is 6.87. The second-order valence-electron chi connectivity index (χ2n) is 4.87. The summed E-state index contributed by atoms with van der Waals surface area (Å²) < 4.78 is 5.43. The Morgan fingerprint density at radius 1 is 1.44 bits per heavy atom. The molecule has 0 aromatic heterocycles. The standard InChI is InChI=1S/C13H28N2O/c1-3-4-5-6-12(2)14-8-7-13-11-16-10-9-15-13/h12-15H,3-11H2,1-2H3. The molecule has 16 heavy (non-hydrogen) atoms. The largest absolute Gasteiger partial charge is 0.379 e. The van der Waals surface area contributed by atoms with Crippen molar-refractivity contribution >= 4 is 0 Å². The third-order valence-electron chi connectivity index (χ3n) is 3.22. The Morgan fingerprint density at radius 3 is 3.00 bits per heavy atom. The van der Waals surface area contributed by atoms with Crippen molar-refractivity contribution in [2.24, 2.45) is 0 Å². The van der Waals surface area contributed by atoms with Crippen molar-refractivity contribution < 1.29 is 4.74 Å². The molecule has 0 radical (unpaired) electrons. The molecule has 2 unspecified atom stereocenters. The smallest absolute Gasteiger partial charge is 0.0620 e. The van der Waals surface area contributed by atoms with E-state index in [-0.39, 0.29) is 0 Å². The van der Waals surface area contributed by atoms with E-state index in [4.69, 9.17) is 4.74 Å². The monoisotopic (exact) mass is 228 g/mol. The lowest BCUT2D eigenvalue weighted by Gasteiger charge is -2.24. The average molecular weight is 228 g/mol. The third-order valence-corrected chi connectivity index (χ3v) is 3.22. The molecule has 0 aliphatic carbocycles. The van der Waals surface area contributed by atoms with Crippen LogP contribution in [0.25, 0.3) is 0 Å². The Balaban J connectivity index is 1.92. The SMILES string of the molecule is CCCCCC(C)NCCC1COCCN1. The van der Waals surface area contributed by atoms with Gasteiger partial charge in [0.1, 0.15) is 0 Å². The van der Waals surface area contributed by atoms with Gasteiger partial charge in [-0.15, -0.1) is 0 Å². The number of nitrogens with one attached hydrogen (secondary N) is 2. The van der Waals surface area contributed by atoms with Crippen LogP contribution in [0.5, 0.6) is 0 Å². The van der Waals surface area contributed by atoms with Crippen LogP contribution in [0.15, 0.2) is 0 Å². The van der Waals surface area contributed by atoms with Gasteiger partial charge in [0.05, 0.1) is 13.2 Å². The molecule has 0 aromatic rings. The minimum absolute atomic E-state index is 0.559. The van der Waals surface area contributed by atoms with E-state index in [1.807, 2.05) is 0 Å². The Kier molecular flexibility index (Phi) is 7.81. The van der Waals surface area contributed by atoms with Gasteiger partial charge < -0.3 is 15.4 Å². The molecule has 3 nitrogen and oxygen atoms in total. The van der Waals surface area contributed by atoms with Gasteiger partial charge in [-0.25, -0.2) is 0 Å². The normalized spacial score (nSPS) is 23.2. The van der Waals surface area contributed by atoms with Crippen LogP contribution >= 0.6 is 0 Å². The van der Waals surface area contributed by atoms with Crippen LogP contribution in [0.3, 0.4) is 0 Å². The molecule has 1 heterocycles. The molecule has 3 heteroatoms. The molecule has 0 spiro atoms. The Morgan fingerprint density at radius 2 is 2.31 bits per heavy atom. The Bertz CT molecular complexity index is 158. The predicted octanol–water partition coefficient (Wildman–Crippen LogP) is 1.92. The minimum atomic E-state index is 0.559. The molecule has 0 amide bonds. The molecular weight excluding hydrogens is 200 g/mol. The van der Waals surface area contributed by atoms with E-state index < -0.39 is 0 Å². The van der Waals surface area contributed by atoms with Crippen LogP contribution in [0.4, 0.5) is 0 Å². The van der Waals surface area contributed by atoms with E-state index in [2.05, 4.69) is 24.5 Å². The number of rotatable bonds is 8. The summed E-state index contributed by atoms with van der Waals surface area (Å²) in [7, 11) is 0. The van der Waals surface area contributed by atoms with Crippen molar-refractivity contribution in [2.45, 2.75) is 58.0 Å². The zero-order valence-electron chi connectivity index (χ0n) is 10.9. The van der Waals surface area contributed by atoms with E-state index in [1.165, 1.54) is 32.1 Å². The van der Waals surface area contributed by atoms with E-state index >= 15 is 0 Å². The van der Waals surface area contributed by atoms with Crippen molar-refractivity contribution in [1.29, 1.82) is 0 Å². The van der Waals surface area contributed by atoms with Crippen LogP contribution in [0, 0.1) is 0 Å². The highest BCUT2D eigenvalue weighted by atomic mass is 16.5. The lowest BCUT2D eigenvalue weighted by Crippen LogP contribution is -2.43. The van der Waals surface area contributed by atoms with Crippen molar-refractivity contribution in [3.8, 4) is 0 Å². The number of unbranched alkanes of at least 4 members (excludes halogenated alkanes) is 2. The van der Waals surface area contributed by atoms with Gasteiger partial charge in [-0.05, 0) is 26.3 Å². The van der Waals surface area contributed by atoms with Gasteiger partial charge in [-0.1, -0.05) is 26.2 Å². The number of ether oxygens (including phenoxy) is 1. The fraction of sp³-hybridized carbons (Fsp3) is 1.00. The lowest BCUT2D eigenvalue weighted by atomic mass is 10.1. The van der Waals surface area contributed by atoms with Crippen molar-refractivity contribution in [3.63, 3.8) is 0 Å². The van der Waals surface area contributed by atoms with Gasteiger partial charge in [0.25, 0.3) is 0 Å². The quantitative estimate of drug-likeness (QED) is 0.623. The number of morpholine rings is 1. The zero-order chi connectivity index (χ0) is 11.6. The topological polar surface area (TPSA) is 33.3 Å². The van der Waals surface area contributed by atoms with Crippen LogP contribution in [-0.2, 0) is 4.74 Å². The highest BCUT2D eigenvalue weighted by molar-refractivity contribution is 4.72. The van der Waals surface area contributed by atoms with Gasteiger partial charge in [0, 0.05) is 18.6 Å². The molecule has 96 valence electrons. The fourth-order valence-electron chi connectivity index (χ4n) is 2.11. The summed E-state index contributed by atoms with van der Waals surface area (Å²) in [6.07, 6.45) is 6.52. The van der Waals surface area contributed by atoms with Gasteiger partial charge in [0.15, 0.2) is 0 Å². The third kappa shape index (κ3) is 6.46. The van der Waals surface area contributed by atoms with Crippen molar-refractivity contribution in [2.75, 3.05) is 26.3 Å². The maximum Gasteiger partial charge on any atom is 0.0620 e. The zero-order valence-corrected chi connectivity index (χ0v) is 10.9. The molecule has 0 saturated carbocycles. The summed E-state index contributed by atoms with van der Waals surface area (Å²) >= 11 is 0. The van der Waals surface area contributed by atoms with E-state index in [1.54, 1.807) is 0 Å². The molecule has 1 aliphatic rings. The number of hydrogen-bond donors (Lipinski definition) is 2. The summed E-state index contributed by atoms with van der Waals surface area (Å²) in [5.74, 6) is 0. The molecule has 2 atom stereocenters. The number of hydrogen-bond acceptors (Lipinski definition) is 3. The molecule has 2 N–H and O–H groups in total. The van der Waals surface area contributed by atoms with E-state index in [0.717, 1.165) is 26.3 Å². The summed E-state index contributed by atoms with van der Waals surface area (Å²) in [4.78, 5) is 0. The van der Waals surface area contributed by atoms with Crippen molar-refractivity contribution in [3.05, 3.63) is 0 Å². The Hall–Kier alpha value is -0.120. The summed E-state index contributed by atoms with van der Waals surface area (Å²) in [5.41, 5.74) is 0. The van der Waals surface area contributed by atoms with Crippen LogP contribution in [0.1, 0.15) is 46.0 Å². The van der Waals surface area contributed by atoms with Crippen molar-refractivity contribution in [1.82, 2.24) is 10.6 Å². The fourth-order valence-corrected chi connectivity index (χ4v) is 2.11. The van der Waals surface area contributed by atoms with E-state index in [9.17, 15) is 0 Å².